The summed E-state index contributed by atoms with van der Waals surface area (Å²) in [6, 6.07) is 14.4. The van der Waals surface area contributed by atoms with Gasteiger partial charge in [-0.1, -0.05) is 29.8 Å². The van der Waals surface area contributed by atoms with Crippen molar-refractivity contribution in [1.29, 1.82) is 0 Å². The first-order valence-electron chi connectivity index (χ1n) is 8.68. The number of carbonyl (C=O) groups excluding carboxylic acids is 2. The Morgan fingerprint density at radius 1 is 1.12 bits per heavy atom. The predicted molar refractivity (Wildman–Crippen MR) is 100 cm³/mol. The number of para-hydroxylation sites is 1. The average Bonchev–Trinajstić information content (AvgIpc) is 2.66. The third-order valence-corrected chi connectivity index (χ3v) is 4.52. The van der Waals surface area contributed by atoms with E-state index in [1.165, 1.54) is 0 Å². The lowest BCUT2D eigenvalue weighted by Gasteiger charge is -2.26. The lowest BCUT2D eigenvalue weighted by atomic mass is 10.0. The highest BCUT2D eigenvalue weighted by Gasteiger charge is 2.22. The molecule has 0 spiro atoms. The van der Waals surface area contributed by atoms with Crippen LogP contribution in [0.4, 0.5) is 0 Å². The summed E-state index contributed by atoms with van der Waals surface area (Å²) in [5.74, 6) is 0.646. The zero-order chi connectivity index (χ0) is 18.4. The van der Waals surface area contributed by atoms with Gasteiger partial charge in [-0.25, -0.2) is 0 Å². The molecule has 2 aromatic carbocycles. The van der Waals surface area contributed by atoms with E-state index in [0.717, 1.165) is 17.7 Å². The van der Waals surface area contributed by atoms with Crippen molar-refractivity contribution < 1.29 is 14.3 Å². The summed E-state index contributed by atoms with van der Waals surface area (Å²) in [5.41, 5.74) is 1.57. The van der Waals surface area contributed by atoms with Crippen molar-refractivity contribution in [2.24, 2.45) is 0 Å². The van der Waals surface area contributed by atoms with Gasteiger partial charge in [-0.3, -0.25) is 9.59 Å². The summed E-state index contributed by atoms with van der Waals surface area (Å²) in [4.78, 5) is 24.2. The Labute approximate surface area is 157 Å². The highest BCUT2D eigenvalue weighted by Crippen LogP contribution is 2.31. The topological polar surface area (TPSA) is 67.4 Å². The molecule has 0 saturated heterocycles. The summed E-state index contributed by atoms with van der Waals surface area (Å²) < 4.78 is 5.60. The van der Waals surface area contributed by atoms with Crippen molar-refractivity contribution in [3.63, 3.8) is 0 Å². The number of nitrogens with one attached hydrogen (secondary N) is 2. The van der Waals surface area contributed by atoms with Crippen molar-refractivity contribution in [2.45, 2.75) is 25.3 Å². The van der Waals surface area contributed by atoms with E-state index in [9.17, 15) is 9.59 Å². The molecule has 2 N–H and O–H groups in total. The highest BCUT2D eigenvalue weighted by molar-refractivity contribution is 6.30. The van der Waals surface area contributed by atoms with Gasteiger partial charge >= 0.3 is 0 Å². The van der Waals surface area contributed by atoms with Crippen LogP contribution in [0.15, 0.2) is 48.5 Å². The number of halogens is 1. The smallest absolute Gasteiger partial charge is 0.251 e. The first-order chi connectivity index (χ1) is 12.6. The van der Waals surface area contributed by atoms with Gasteiger partial charge in [-0.05, 0) is 36.8 Å². The van der Waals surface area contributed by atoms with E-state index in [1.807, 2.05) is 24.3 Å². The van der Waals surface area contributed by atoms with Crippen LogP contribution in [0.2, 0.25) is 5.02 Å². The first kappa shape index (κ1) is 18.3. The van der Waals surface area contributed by atoms with Crippen LogP contribution in [0, 0.1) is 0 Å². The quantitative estimate of drug-likeness (QED) is 0.763. The summed E-state index contributed by atoms with van der Waals surface area (Å²) >= 11 is 5.81. The number of hydrogen-bond donors (Lipinski definition) is 2. The van der Waals surface area contributed by atoms with Crippen LogP contribution in [-0.2, 0) is 4.79 Å². The number of carbonyl (C=O) groups is 2. The van der Waals surface area contributed by atoms with Crippen LogP contribution in [0.5, 0.6) is 5.75 Å². The van der Waals surface area contributed by atoms with Gasteiger partial charge in [0.15, 0.2) is 0 Å². The molecule has 2 aromatic rings. The number of ether oxygens (including phenoxy) is 1. The fourth-order valence-electron chi connectivity index (χ4n) is 2.91. The Bertz CT molecular complexity index is 777. The standard InChI is InChI=1S/C20H21ClN2O3/c21-15-9-7-14(8-10-15)20(25)22-12-3-6-19(24)23-17-11-13-26-18-5-2-1-4-16(17)18/h1-2,4-5,7-10,17H,3,6,11-13H2,(H,22,25)(H,23,24). The normalized spacial score (nSPS) is 15.5. The van der Waals surface area contributed by atoms with Gasteiger partial charge in [0.1, 0.15) is 5.75 Å². The molecule has 5 nitrogen and oxygen atoms in total. The second-order valence-electron chi connectivity index (χ2n) is 6.16. The monoisotopic (exact) mass is 372 g/mol. The second kappa shape index (κ2) is 8.72. The van der Waals surface area contributed by atoms with Crippen molar-refractivity contribution in [2.75, 3.05) is 13.2 Å². The van der Waals surface area contributed by atoms with Crippen LogP contribution >= 0.6 is 11.6 Å². The molecule has 0 saturated carbocycles. The van der Waals surface area contributed by atoms with E-state index >= 15 is 0 Å². The summed E-state index contributed by atoms with van der Waals surface area (Å²) in [7, 11) is 0. The van der Waals surface area contributed by atoms with Gasteiger partial charge in [0.2, 0.25) is 5.91 Å². The van der Waals surface area contributed by atoms with Crippen LogP contribution in [-0.4, -0.2) is 25.0 Å². The lowest BCUT2D eigenvalue weighted by Crippen LogP contribution is -2.32. The third-order valence-electron chi connectivity index (χ3n) is 4.27. The van der Waals surface area contributed by atoms with Crippen LogP contribution in [0.1, 0.15) is 41.2 Å². The minimum absolute atomic E-state index is 0.0175. The van der Waals surface area contributed by atoms with Gasteiger partial charge in [0.25, 0.3) is 5.91 Å². The fourth-order valence-corrected chi connectivity index (χ4v) is 3.04. The van der Waals surface area contributed by atoms with Crippen LogP contribution in [0.3, 0.4) is 0 Å². The molecule has 1 heterocycles. The molecular formula is C20H21ClN2O3. The maximum atomic E-state index is 12.2. The van der Waals surface area contributed by atoms with Crippen LogP contribution < -0.4 is 15.4 Å². The molecule has 1 aliphatic heterocycles. The SMILES string of the molecule is O=C(CCCNC(=O)c1ccc(Cl)cc1)NC1CCOc2ccccc21. The number of amides is 2. The molecule has 26 heavy (non-hydrogen) atoms. The second-order valence-corrected chi connectivity index (χ2v) is 6.60. The summed E-state index contributed by atoms with van der Waals surface area (Å²) in [5, 5.41) is 6.46. The van der Waals surface area contributed by atoms with E-state index < -0.39 is 0 Å². The third kappa shape index (κ3) is 4.76. The maximum absolute atomic E-state index is 12.2. The van der Waals surface area contributed by atoms with E-state index in [-0.39, 0.29) is 17.9 Å². The molecule has 0 radical (unpaired) electrons. The van der Waals surface area contributed by atoms with Crippen molar-refractivity contribution in [3.05, 3.63) is 64.7 Å². The average molecular weight is 373 g/mol. The predicted octanol–water partition coefficient (Wildman–Crippen LogP) is 3.49. The maximum Gasteiger partial charge on any atom is 0.251 e. The Morgan fingerprint density at radius 3 is 2.69 bits per heavy atom. The Hall–Kier alpha value is -2.53. The number of fused-ring (bicyclic) bond motifs is 1. The number of hydrogen-bond acceptors (Lipinski definition) is 3. The summed E-state index contributed by atoms with van der Waals surface area (Å²) in [6.07, 6.45) is 1.70. The molecule has 0 aliphatic carbocycles. The van der Waals surface area contributed by atoms with Crippen LogP contribution in [0.25, 0.3) is 0 Å². The minimum Gasteiger partial charge on any atom is -0.493 e. The zero-order valence-corrected chi connectivity index (χ0v) is 15.1. The van der Waals surface area contributed by atoms with E-state index in [1.54, 1.807) is 24.3 Å². The first-order valence-corrected chi connectivity index (χ1v) is 9.06. The largest absolute Gasteiger partial charge is 0.493 e. The van der Waals surface area contributed by atoms with E-state index in [0.29, 0.717) is 36.6 Å². The molecule has 1 atom stereocenters. The molecule has 0 bridgehead atoms. The molecule has 136 valence electrons. The van der Waals surface area contributed by atoms with Crippen molar-refractivity contribution >= 4 is 23.4 Å². The Kier molecular flexibility index (Phi) is 6.12. The minimum atomic E-state index is -0.166. The molecule has 2 amide bonds. The molecular weight excluding hydrogens is 352 g/mol. The molecule has 1 aliphatic rings. The molecule has 6 heteroatoms. The van der Waals surface area contributed by atoms with Gasteiger partial charge < -0.3 is 15.4 Å². The van der Waals surface area contributed by atoms with Crippen molar-refractivity contribution in [3.8, 4) is 5.75 Å². The van der Waals surface area contributed by atoms with Gasteiger partial charge in [0, 0.05) is 35.5 Å². The van der Waals surface area contributed by atoms with Gasteiger partial charge in [0.05, 0.1) is 12.6 Å². The molecule has 0 fully saturated rings. The fraction of sp³-hybridized carbons (Fsp3) is 0.300. The van der Waals surface area contributed by atoms with Gasteiger partial charge in [-0.2, -0.15) is 0 Å². The highest BCUT2D eigenvalue weighted by atomic mass is 35.5. The lowest BCUT2D eigenvalue weighted by molar-refractivity contribution is -0.122. The molecule has 3 rings (SSSR count). The Balaban J connectivity index is 1.41. The Morgan fingerprint density at radius 2 is 1.88 bits per heavy atom. The van der Waals surface area contributed by atoms with Crippen molar-refractivity contribution in [1.82, 2.24) is 10.6 Å². The summed E-state index contributed by atoms with van der Waals surface area (Å²) in [6.45, 7) is 1.04. The zero-order valence-electron chi connectivity index (χ0n) is 14.3. The number of benzene rings is 2. The van der Waals surface area contributed by atoms with E-state index in [2.05, 4.69) is 10.6 Å². The number of rotatable bonds is 6. The molecule has 1 unspecified atom stereocenters. The van der Waals surface area contributed by atoms with E-state index in [4.69, 9.17) is 16.3 Å². The molecule has 0 aromatic heterocycles. The van der Waals surface area contributed by atoms with Gasteiger partial charge in [-0.15, -0.1) is 0 Å².